The molecule has 2 amide bonds. The van der Waals surface area contributed by atoms with Crippen LogP contribution in [0.1, 0.15) is 39.1 Å². The highest BCUT2D eigenvalue weighted by Gasteiger charge is 2.17. The second-order valence-electron chi connectivity index (χ2n) is 7.07. The number of hydrazine groups is 1. The lowest BCUT2D eigenvalue weighted by Crippen LogP contribution is -2.47. The fourth-order valence-electron chi connectivity index (χ4n) is 2.72. The first-order valence-electron chi connectivity index (χ1n) is 9.80. The summed E-state index contributed by atoms with van der Waals surface area (Å²) in [7, 11) is 0. The van der Waals surface area contributed by atoms with Crippen LogP contribution in [0.3, 0.4) is 0 Å². The Morgan fingerprint density at radius 1 is 1.06 bits per heavy atom. The number of aryl methyl sites for hydroxylation is 2. The molecule has 8 heteroatoms. The van der Waals surface area contributed by atoms with Crippen LogP contribution < -0.4 is 20.3 Å². The Balaban J connectivity index is 1.48. The lowest BCUT2D eigenvalue weighted by Gasteiger charge is -2.17. The molecule has 0 aliphatic carbocycles. The molecule has 2 aromatic carbocycles. The predicted molar refractivity (Wildman–Crippen MR) is 119 cm³/mol. The summed E-state index contributed by atoms with van der Waals surface area (Å²) in [5.74, 6) is 0.376. The van der Waals surface area contributed by atoms with E-state index in [2.05, 4.69) is 15.8 Å². The highest BCUT2D eigenvalue weighted by Crippen LogP contribution is 2.21. The number of ether oxygens (including phenoxy) is 2. The number of nitrogens with one attached hydrogen (secondary N) is 2. The van der Waals surface area contributed by atoms with Gasteiger partial charge in [0.2, 0.25) is 0 Å². The summed E-state index contributed by atoms with van der Waals surface area (Å²) in [4.78, 5) is 28.9. The molecular formula is C23H25N3O4S. The van der Waals surface area contributed by atoms with Crippen molar-refractivity contribution in [3.05, 3.63) is 75.2 Å². The van der Waals surface area contributed by atoms with Gasteiger partial charge in [0.15, 0.2) is 6.10 Å². The Morgan fingerprint density at radius 2 is 1.81 bits per heavy atom. The van der Waals surface area contributed by atoms with E-state index in [4.69, 9.17) is 9.47 Å². The van der Waals surface area contributed by atoms with Gasteiger partial charge in [0.25, 0.3) is 11.8 Å². The van der Waals surface area contributed by atoms with Gasteiger partial charge < -0.3 is 9.47 Å². The number of aromatic nitrogens is 1. The summed E-state index contributed by atoms with van der Waals surface area (Å²) < 4.78 is 11.4. The Morgan fingerprint density at radius 3 is 2.48 bits per heavy atom. The van der Waals surface area contributed by atoms with Crippen molar-refractivity contribution in [2.45, 2.75) is 40.4 Å². The number of amides is 2. The third-order valence-electron chi connectivity index (χ3n) is 4.70. The van der Waals surface area contributed by atoms with Crippen molar-refractivity contribution in [3.63, 3.8) is 0 Å². The van der Waals surface area contributed by atoms with Gasteiger partial charge in [0, 0.05) is 10.9 Å². The molecule has 31 heavy (non-hydrogen) atoms. The van der Waals surface area contributed by atoms with E-state index in [9.17, 15) is 9.59 Å². The molecule has 3 aromatic rings. The zero-order valence-corrected chi connectivity index (χ0v) is 18.7. The lowest BCUT2D eigenvalue weighted by atomic mass is 10.1. The summed E-state index contributed by atoms with van der Waals surface area (Å²) in [6.45, 7) is 7.84. The van der Waals surface area contributed by atoms with Gasteiger partial charge in [-0.25, -0.2) is 4.98 Å². The van der Waals surface area contributed by atoms with E-state index in [1.165, 1.54) is 0 Å². The Hall–Kier alpha value is -3.39. The van der Waals surface area contributed by atoms with Crippen molar-refractivity contribution in [2.75, 3.05) is 0 Å². The third kappa shape index (κ3) is 6.05. The molecule has 162 valence electrons. The van der Waals surface area contributed by atoms with Gasteiger partial charge in [-0.3, -0.25) is 20.4 Å². The minimum absolute atomic E-state index is 0.365. The number of rotatable bonds is 7. The molecule has 7 nitrogen and oxygen atoms in total. The standard InChI is InChI=1S/C23H25N3O4S/c1-14-6-5-7-21(15(14)2)30-16(3)22(27)25-26-23(28)18-8-10-20(11-9-18)29-12-19-13-31-17(4)24-19/h5-11,13,16H,12H2,1-4H3,(H,25,27)(H,26,28). The second kappa shape index (κ2) is 10.1. The highest BCUT2D eigenvalue weighted by atomic mass is 32.1. The van der Waals surface area contributed by atoms with Crippen LogP contribution in [0.15, 0.2) is 47.8 Å². The first kappa shape index (κ1) is 22.3. The summed E-state index contributed by atoms with van der Waals surface area (Å²) in [6.07, 6.45) is -0.772. The van der Waals surface area contributed by atoms with E-state index in [1.807, 2.05) is 44.4 Å². The zero-order chi connectivity index (χ0) is 22.4. The SMILES string of the molecule is Cc1nc(COc2ccc(C(=O)NNC(=O)C(C)Oc3cccc(C)c3C)cc2)cs1. The van der Waals surface area contributed by atoms with Crippen LogP contribution in [0.5, 0.6) is 11.5 Å². The molecular weight excluding hydrogens is 414 g/mol. The average molecular weight is 440 g/mol. The molecule has 0 fully saturated rings. The van der Waals surface area contributed by atoms with Gasteiger partial charge in [-0.1, -0.05) is 12.1 Å². The van der Waals surface area contributed by atoms with E-state index in [-0.39, 0.29) is 0 Å². The van der Waals surface area contributed by atoms with Crippen LogP contribution in [0.25, 0.3) is 0 Å². The van der Waals surface area contributed by atoms with E-state index >= 15 is 0 Å². The van der Waals surface area contributed by atoms with Crippen LogP contribution in [0.2, 0.25) is 0 Å². The largest absolute Gasteiger partial charge is 0.487 e. The van der Waals surface area contributed by atoms with E-state index < -0.39 is 17.9 Å². The van der Waals surface area contributed by atoms with Crippen molar-refractivity contribution < 1.29 is 19.1 Å². The number of hydrogen-bond acceptors (Lipinski definition) is 6. The normalized spacial score (nSPS) is 11.5. The van der Waals surface area contributed by atoms with Crippen molar-refractivity contribution >= 4 is 23.2 Å². The molecule has 1 heterocycles. The number of carbonyl (C=O) groups excluding carboxylic acids is 2. The van der Waals surface area contributed by atoms with Crippen molar-refractivity contribution in [1.82, 2.24) is 15.8 Å². The van der Waals surface area contributed by atoms with Gasteiger partial charge in [0.1, 0.15) is 18.1 Å². The molecule has 2 N–H and O–H groups in total. The Labute approximate surface area is 185 Å². The summed E-state index contributed by atoms with van der Waals surface area (Å²) >= 11 is 1.57. The van der Waals surface area contributed by atoms with Gasteiger partial charge in [-0.2, -0.15) is 0 Å². The minimum atomic E-state index is -0.772. The van der Waals surface area contributed by atoms with Crippen LogP contribution in [0.4, 0.5) is 0 Å². The lowest BCUT2D eigenvalue weighted by molar-refractivity contribution is -0.128. The molecule has 0 saturated heterocycles. The molecule has 0 aliphatic heterocycles. The van der Waals surface area contributed by atoms with Crippen LogP contribution >= 0.6 is 11.3 Å². The minimum Gasteiger partial charge on any atom is -0.487 e. The molecule has 0 bridgehead atoms. The van der Waals surface area contributed by atoms with E-state index in [1.54, 1.807) is 42.5 Å². The molecule has 1 atom stereocenters. The predicted octanol–water partition coefficient (Wildman–Crippen LogP) is 3.88. The molecule has 0 radical (unpaired) electrons. The average Bonchev–Trinajstić information content (AvgIpc) is 3.19. The maximum atomic E-state index is 12.3. The number of benzene rings is 2. The molecule has 0 aliphatic rings. The molecule has 1 aromatic heterocycles. The molecule has 0 saturated carbocycles. The van der Waals surface area contributed by atoms with Gasteiger partial charge in [0.05, 0.1) is 10.7 Å². The smallest absolute Gasteiger partial charge is 0.279 e. The summed E-state index contributed by atoms with van der Waals surface area (Å²) in [6, 6.07) is 12.3. The molecule has 1 unspecified atom stereocenters. The molecule has 0 spiro atoms. The van der Waals surface area contributed by atoms with E-state index in [0.29, 0.717) is 23.7 Å². The maximum absolute atomic E-state index is 12.3. The van der Waals surface area contributed by atoms with Crippen molar-refractivity contribution in [3.8, 4) is 11.5 Å². The first-order chi connectivity index (χ1) is 14.8. The third-order valence-corrected chi connectivity index (χ3v) is 5.52. The molecule has 3 rings (SSSR count). The fraction of sp³-hybridized carbons (Fsp3) is 0.261. The van der Waals surface area contributed by atoms with Crippen LogP contribution in [-0.2, 0) is 11.4 Å². The van der Waals surface area contributed by atoms with Gasteiger partial charge in [-0.15, -0.1) is 11.3 Å². The number of nitrogens with zero attached hydrogens (tertiary/aromatic N) is 1. The highest BCUT2D eigenvalue weighted by molar-refractivity contribution is 7.09. The first-order valence-corrected chi connectivity index (χ1v) is 10.7. The Bertz CT molecular complexity index is 1060. The summed E-state index contributed by atoms with van der Waals surface area (Å²) in [5.41, 5.74) is 8.10. The maximum Gasteiger partial charge on any atom is 0.279 e. The quantitative estimate of drug-likeness (QED) is 0.546. The monoisotopic (exact) mass is 439 g/mol. The van der Waals surface area contributed by atoms with Crippen molar-refractivity contribution in [1.29, 1.82) is 0 Å². The zero-order valence-electron chi connectivity index (χ0n) is 17.9. The number of hydrogen-bond donors (Lipinski definition) is 2. The van der Waals surface area contributed by atoms with Crippen LogP contribution in [-0.4, -0.2) is 22.9 Å². The number of carbonyl (C=O) groups is 2. The fourth-order valence-corrected chi connectivity index (χ4v) is 3.32. The summed E-state index contributed by atoms with van der Waals surface area (Å²) in [5, 5.41) is 2.94. The number of thiazole rings is 1. The van der Waals surface area contributed by atoms with Crippen molar-refractivity contribution in [2.24, 2.45) is 0 Å². The van der Waals surface area contributed by atoms with Gasteiger partial charge in [-0.05, 0) is 69.2 Å². The van der Waals surface area contributed by atoms with E-state index in [0.717, 1.165) is 21.8 Å². The van der Waals surface area contributed by atoms with Gasteiger partial charge >= 0.3 is 0 Å². The second-order valence-corrected chi connectivity index (χ2v) is 8.13. The topological polar surface area (TPSA) is 89.5 Å². The Kier molecular flexibility index (Phi) is 7.25. The van der Waals surface area contributed by atoms with Crippen LogP contribution in [0, 0.1) is 20.8 Å².